The number of hydrogen-bond donors (Lipinski definition) is 1. The van der Waals surface area contributed by atoms with Crippen molar-refractivity contribution in [1.29, 1.82) is 5.26 Å². The van der Waals surface area contributed by atoms with E-state index in [9.17, 15) is 10.1 Å². The Morgan fingerprint density at radius 2 is 2.04 bits per heavy atom. The van der Waals surface area contributed by atoms with E-state index >= 15 is 0 Å². The number of ether oxygens (including phenoxy) is 1. The lowest BCUT2D eigenvalue weighted by atomic mass is 9.69. The highest BCUT2D eigenvalue weighted by Gasteiger charge is 2.38. The molecule has 0 aromatic heterocycles. The summed E-state index contributed by atoms with van der Waals surface area (Å²) in [4.78, 5) is 13.8. The molecule has 2 rings (SSSR count). The molecular formula is C20H29N3O2. The second-order valence-electron chi connectivity index (χ2n) is 6.92. The third-order valence-electron chi connectivity index (χ3n) is 5.33. The maximum atomic E-state index is 11.4. The van der Waals surface area contributed by atoms with E-state index < -0.39 is 0 Å². The number of carbonyl (C=O) groups is 1. The van der Waals surface area contributed by atoms with Crippen molar-refractivity contribution in [2.75, 3.05) is 20.2 Å². The van der Waals surface area contributed by atoms with Gasteiger partial charge >= 0.3 is 6.09 Å². The zero-order valence-corrected chi connectivity index (χ0v) is 15.5. The standard InChI is InChI=1S/C20H29N3O2/c1-4-23(14-16(2)22-19(24)25-3)18-10-12-20(15-21,13-11-18)17-8-6-5-7-9-17/h5-9,16,18H,4,10-14H2,1-3H3,(H,22,24)/t16?,18-,20+. The Morgan fingerprint density at radius 3 is 2.56 bits per heavy atom. The molecule has 1 aliphatic carbocycles. The lowest BCUT2D eigenvalue weighted by Gasteiger charge is -2.41. The van der Waals surface area contributed by atoms with Crippen molar-refractivity contribution in [3.8, 4) is 6.07 Å². The molecule has 5 heteroatoms. The Balaban J connectivity index is 1.97. The SMILES string of the molecule is CCN(CC(C)NC(=O)OC)[C@H]1CC[C@@](C#N)(c2ccccc2)CC1. The first-order chi connectivity index (χ1) is 12.0. The van der Waals surface area contributed by atoms with Gasteiger partial charge in [0.2, 0.25) is 0 Å². The minimum Gasteiger partial charge on any atom is -0.453 e. The third kappa shape index (κ3) is 4.73. The normalized spacial score (nSPS) is 24.4. The van der Waals surface area contributed by atoms with Crippen LogP contribution in [0, 0.1) is 11.3 Å². The van der Waals surface area contributed by atoms with E-state index in [1.807, 2.05) is 25.1 Å². The molecule has 1 fully saturated rings. The van der Waals surface area contributed by atoms with Crippen LogP contribution in [-0.2, 0) is 10.2 Å². The Kier molecular flexibility index (Phi) is 6.83. The number of hydrogen-bond acceptors (Lipinski definition) is 4. The van der Waals surface area contributed by atoms with Gasteiger partial charge in [0, 0.05) is 18.6 Å². The van der Waals surface area contributed by atoms with Crippen LogP contribution in [0.1, 0.15) is 45.1 Å². The van der Waals surface area contributed by atoms with Gasteiger partial charge in [-0.3, -0.25) is 4.90 Å². The molecule has 1 aromatic rings. The van der Waals surface area contributed by atoms with Crippen molar-refractivity contribution >= 4 is 6.09 Å². The topological polar surface area (TPSA) is 65.4 Å². The van der Waals surface area contributed by atoms with Crippen LogP contribution in [0.4, 0.5) is 4.79 Å². The van der Waals surface area contributed by atoms with Crippen molar-refractivity contribution in [3.05, 3.63) is 35.9 Å². The number of methoxy groups -OCH3 is 1. The molecule has 1 aromatic carbocycles. The molecule has 0 aliphatic heterocycles. The van der Waals surface area contributed by atoms with Gasteiger partial charge in [0.1, 0.15) is 0 Å². The van der Waals surface area contributed by atoms with Crippen LogP contribution < -0.4 is 5.32 Å². The number of rotatable bonds is 6. The molecule has 5 nitrogen and oxygen atoms in total. The van der Waals surface area contributed by atoms with E-state index in [2.05, 4.69) is 40.1 Å². The molecule has 1 unspecified atom stereocenters. The van der Waals surface area contributed by atoms with Crippen LogP contribution in [0.15, 0.2) is 30.3 Å². The van der Waals surface area contributed by atoms with E-state index in [1.165, 1.54) is 7.11 Å². The number of alkyl carbamates (subject to hydrolysis) is 1. The smallest absolute Gasteiger partial charge is 0.407 e. The number of nitriles is 1. The van der Waals surface area contributed by atoms with Gasteiger partial charge in [-0.2, -0.15) is 5.26 Å². The molecule has 1 saturated carbocycles. The summed E-state index contributed by atoms with van der Waals surface area (Å²) in [7, 11) is 1.38. The fraction of sp³-hybridized carbons (Fsp3) is 0.600. The molecule has 0 radical (unpaired) electrons. The maximum Gasteiger partial charge on any atom is 0.407 e. The van der Waals surface area contributed by atoms with Gasteiger partial charge in [-0.05, 0) is 44.7 Å². The van der Waals surface area contributed by atoms with Crippen LogP contribution in [0.25, 0.3) is 0 Å². The Bertz CT molecular complexity index is 589. The fourth-order valence-electron chi connectivity index (χ4n) is 3.88. The zero-order chi connectivity index (χ0) is 18.3. The van der Waals surface area contributed by atoms with Gasteiger partial charge in [-0.25, -0.2) is 4.79 Å². The number of amides is 1. The summed E-state index contributed by atoms with van der Waals surface area (Å²) < 4.78 is 4.67. The molecule has 25 heavy (non-hydrogen) atoms. The van der Waals surface area contributed by atoms with E-state index in [0.29, 0.717) is 6.04 Å². The van der Waals surface area contributed by atoms with E-state index in [-0.39, 0.29) is 17.6 Å². The van der Waals surface area contributed by atoms with Gasteiger partial charge < -0.3 is 10.1 Å². The van der Waals surface area contributed by atoms with Crippen LogP contribution in [-0.4, -0.2) is 43.3 Å². The Hall–Kier alpha value is -2.06. The monoisotopic (exact) mass is 343 g/mol. The summed E-state index contributed by atoms with van der Waals surface area (Å²) in [6.07, 6.45) is 3.38. The molecule has 1 aliphatic rings. The van der Waals surface area contributed by atoms with Crippen molar-refractivity contribution in [1.82, 2.24) is 10.2 Å². The molecule has 0 spiro atoms. The predicted octanol–water partition coefficient (Wildman–Crippen LogP) is 3.46. The number of nitrogens with zero attached hydrogens (tertiary/aromatic N) is 2. The molecule has 0 heterocycles. The van der Waals surface area contributed by atoms with E-state index in [4.69, 9.17) is 0 Å². The van der Waals surface area contributed by atoms with Crippen LogP contribution in [0.2, 0.25) is 0 Å². The van der Waals surface area contributed by atoms with Gasteiger partial charge in [-0.1, -0.05) is 37.3 Å². The highest BCUT2D eigenvalue weighted by atomic mass is 16.5. The summed E-state index contributed by atoms with van der Waals surface area (Å²) in [6, 6.07) is 13.2. The summed E-state index contributed by atoms with van der Waals surface area (Å²) in [5, 5.41) is 12.7. The first-order valence-corrected chi connectivity index (χ1v) is 9.10. The first kappa shape index (κ1) is 19.3. The second-order valence-corrected chi connectivity index (χ2v) is 6.92. The van der Waals surface area contributed by atoms with Gasteiger partial charge in [-0.15, -0.1) is 0 Å². The number of nitrogens with one attached hydrogen (secondary N) is 1. The molecule has 1 N–H and O–H groups in total. The van der Waals surface area contributed by atoms with Crippen LogP contribution >= 0.6 is 0 Å². The van der Waals surface area contributed by atoms with Crippen molar-refractivity contribution in [2.45, 2.75) is 57.0 Å². The summed E-state index contributed by atoms with van der Waals surface area (Å²) >= 11 is 0. The minimum absolute atomic E-state index is 0.0316. The predicted molar refractivity (Wildman–Crippen MR) is 98.2 cm³/mol. The maximum absolute atomic E-state index is 11.4. The summed E-state index contributed by atoms with van der Waals surface area (Å²) in [5.74, 6) is 0. The molecule has 0 saturated heterocycles. The number of likely N-dealkylation sites (N-methyl/N-ethyl adjacent to an activating group) is 1. The fourth-order valence-corrected chi connectivity index (χ4v) is 3.88. The molecule has 1 atom stereocenters. The molecule has 136 valence electrons. The van der Waals surface area contributed by atoms with Gasteiger partial charge in [0.15, 0.2) is 0 Å². The van der Waals surface area contributed by atoms with Crippen molar-refractivity contribution in [3.63, 3.8) is 0 Å². The minimum atomic E-state index is -0.389. The highest BCUT2D eigenvalue weighted by molar-refractivity contribution is 5.67. The summed E-state index contributed by atoms with van der Waals surface area (Å²) in [6.45, 7) is 5.87. The lowest BCUT2D eigenvalue weighted by molar-refractivity contribution is 0.126. The number of benzene rings is 1. The number of carbonyl (C=O) groups excluding carboxylic acids is 1. The highest BCUT2D eigenvalue weighted by Crippen LogP contribution is 2.40. The molecule has 0 bridgehead atoms. The molecular weight excluding hydrogens is 314 g/mol. The van der Waals surface area contributed by atoms with Crippen molar-refractivity contribution in [2.24, 2.45) is 0 Å². The molecule has 1 amide bonds. The average molecular weight is 343 g/mol. The average Bonchev–Trinajstić information content (AvgIpc) is 2.66. The Morgan fingerprint density at radius 1 is 1.40 bits per heavy atom. The summed E-state index contributed by atoms with van der Waals surface area (Å²) in [5.41, 5.74) is 0.785. The second kappa shape index (κ2) is 8.87. The van der Waals surface area contributed by atoms with Crippen molar-refractivity contribution < 1.29 is 9.53 Å². The quantitative estimate of drug-likeness (QED) is 0.859. The van der Waals surface area contributed by atoms with Gasteiger partial charge in [0.05, 0.1) is 18.6 Å². The van der Waals surface area contributed by atoms with Gasteiger partial charge in [0.25, 0.3) is 0 Å². The lowest BCUT2D eigenvalue weighted by Crippen LogP contribution is -2.48. The third-order valence-corrected chi connectivity index (χ3v) is 5.33. The van der Waals surface area contributed by atoms with E-state index in [1.54, 1.807) is 0 Å². The Labute approximate surface area is 151 Å². The van der Waals surface area contributed by atoms with Crippen LogP contribution in [0.3, 0.4) is 0 Å². The van der Waals surface area contributed by atoms with E-state index in [0.717, 1.165) is 44.3 Å². The largest absolute Gasteiger partial charge is 0.453 e. The first-order valence-electron chi connectivity index (χ1n) is 9.10. The zero-order valence-electron chi connectivity index (χ0n) is 15.5. The van der Waals surface area contributed by atoms with Crippen LogP contribution in [0.5, 0.6) is 0 Å².